The lowest BCUT2D eigenvalue weighted by molar-refractivity contribution is -0.139. The molecule has 0 amide bonds. The number of ether oxygens (including phenoxy) is 4. The molecule has 2 aromatic rings. The minimum Gasteiger partial charge on any atom is -0.494 e. The highest BCUT2D eigenvalue weighted by Gasteiger charge is 2.27. The van der Waals surface area contributed by atoms with Gasteiger partial charge in [0.2, 0.25) is 0 Å². The molecule has 0 aliphatic heterocycles. The third-order valence-electron chi connectivity index (χ3n) is 7.04. The summed E-state index contributed by atoms with van der Waals surface area (Å²) in [4.78, 5) is 36.6. The largest absolute Gasteiger partial charge is 0.494 e. The fourth-order valence-electron chi connectivity index (χ4n) is 4.62. The van der Waals surface area contributed by atoms with Crippen LogP contribution in [0.15, 0.2) is 60.7 Å². The molecule has 2 atom stereocenters. The van der Waals surface area contributed by atoms with Crippen molar-refractivity contribution in [3.05, 3.63) is 71.8 Å². The Balaban J connectivity index is 1.43. The molecule has 0 saturated heterocycles. The minimum atomic E-state index is -0.508. The van der Waals surface area contributed by atoms with Crippen LogP contribution in [-0.4, -0.2) is 38.0 Å². The van der Waals surface area contributed by atoms with E-state index in [-0.39, 0.29) is 17.7 Å². The van der Waals surface area contributed by atoms with Crippen molar-refractivity contribution in [2.24, 2.45) is 11.8 Å². The second-order valence-corrected chi connectivity index (χ2v) is 10.3. The van der Waals surface area contributed by atoms with Gasteiger partial charge in [-0.3, -0.25) is 4.79 Å². The Kier molecular flexibility index (Phi) is 12.0. The first-order valence-electron chi connectivity index (χ1n) is 14.0. The van der Waals surface area contributed by atoms with E-state index in [0.717, 1.165) is 50.5 Å². The van der Waals surface area contributed by atoms with E-state index >= 15 is 0 Å². The van der Waals surface area contributed by atoms with Gasteiger partial charge in [-0.15, -0.1) is 0 Å². The number of carbonyl (C=O) groups excluding carboxylic acids is 3. The molecule has 3 rings (SSSR count). The first-order chi connectivity index (χ1) is 19.3. The summed E-state index contributed by atoms with van der Waals surface area (Å²) in [5, 5.41) is 0. The number of esters is 2. The molecule has 2 aromatic carbocycles. The van der Waals surface area contributed by atoms with E-state index in [4.69, 9.17) is 18.9 Å². The van der Waals surface area contributed by atoms with Gasteiger partial charge in [-0.1, -0.05) is 32.1 Å². The molecule has 2 unspecified atom stereocenters. The van der Waals surface area contributed by atoms with E-state index in [1.54, 1.807) is 61.5 Å². The fraction of sp³-hybridized carbons (Fsp3) is 0.424. The Hall–Kier alpha value is -3.87. The van der Waals surface area contributed by atoms with Crippen molar-refractivity contribution in [2.45, 2.75) is 58.8 Å². The minimum absolute atomic E-state index is 0.103. The Bertz CT molecular complexity index is 1200. The third kappa shape index (κ3) is 9.40. The number of benzene rings is 2. The van der Waals surface area contributed by atoms with Crippen LogP contribution < -0.4 is 14.2 Å². The third-order valence-corrected chi connectivity index (χ3v) is 7.04. The number of carbonyl (C=O) groups is 3. The number of ketones is 1. The molecular weight excluding hydrogens is 508 g/mol. The van der Waals surface area contributed by atoms with Gasteiger partial charge in [0, 0.05) is 11.5 Å². The van der Waals surface area contributed by atoms with Crippen molar-refractivity contribution in [2.75, 3.05) is 20.3 Å². The van der Waals surface area contributed by atoms with E-state index in [2.05, 4.69) is 13.5 Å². The molecule has 1 saturated carbocycles. The molecule has 0 aromatic heterocycles. The monoisotopic (exact) mass is 548 g/mol. The Morgan fingerprint density at radius 1 is 0.950 bits per heavy atom. The van der Waals surface area contributed by atoms with Crippen LogP contribution in [0.3, 0.4) is 0 Å². The van der Waals surface area contributed by atoms with E-state index in [1.165, 1.54) is 7.11 Å². The summed E-state index contributed by atoms with van der Waals surface area (Å²) in [7, 11) is 1.51. The molecular formula is C33H40O7. The average molecular weight is 549 g/mol. The van der Waals surface area contributed by atoms with E-state index in [0.29, 0.717) is 47.5 Å². The highest BCUT2D eigenvalue weighted by molar-refractivity contribution is 5.96. The zero-order valence-corrected chi connectivity index (χ0v) is 23.8. The standard InChI is InChI=1S/C33H40O7/c1-23(2)32(35)39-21-8-6-5-7-20-38-27-16-14-26(15-17-27)33(36)40-30-19-13-25(22-31(30)37-4)12-18-29(34)28-11-9-10-24(28)3/h12-19,22,24,28H,1,5-11,20-21H2,2-4H3/b18-12+. The van der Waals surface area contributed by atoms with Crippen LogP contribution in [0.25, 0.3) is 6.08 Å². The maximum absolute atomic E-state index is 12.7. The number of methoxy groups -OCH3 is 1. The van der Waals surface area contributed by atoms with Gasteiger partial charge in [-0.2, -0.15) is 0 Å². The van der Waals surface area contributed by atoms with Gasteiger partial charge in [-0.05, 0) is 99.4 Å². The first-order valence-corrected chi connectivity index (χ1v) is 14.0. The fourth-order valence-corrected chi connectivity index (χ4v) is 4.62. The lowest BCUT2D eigenvalue weighted by Crippen LogP contribution is -2.14. The average Bonchev–Trinajstić information content (AvgIpc) is 3.39. The molecule has 7 nitrogen and oxygen atoms in total. The summed E-state index contributed by atoms with van der Waals surface area (Å²) >= 11 is 0. The van der Waals surface area contributed by atoms with Gasteiger partial charge in [0.15, 0.2) is 17.3 Å². The lowest BCUT2D eigenvalue weighted by Gasteiger charge is -2.12. The molecule has 1 aliphatic carbocycles. The predicted molar refractivity (Wildman–Crippen MR) is 155 cm³/mol. The summed E-state index contributed by atoms with van der Waals surface area (Å²) in [5.41, 5.74) is 1.59. The number of unbranched alkanes of at least 4 members (excludes halogenated alkanes) is 3. The highest BCUT2D eigenvalue weighted by Crippen LogP contribution is 2.33. The van der Waals surface area contributed by atoms with Crippen LogP contribution in [-0.2, 0) is 14.3 Å². The summed E-state index contributed by atoms with van der Waals surface area (Å²) < 4.78 is 21.8. The quantitative estimate of drug-likeness (QED) is 0.103. The summed E-state index contributed by atoms with van der Waals surface area (Å²) in [5.74, 6) is 1.21. The van der Waals surface area contributed by atoms with Crippen molar-refractivity contribution < 1.29 is 33.3 Å². The maximum Gasteiger partial charge on any atom is 0.343 e. The smallest absolute Gasteiger partial charge is 0.343 e. The van der Waals surface area contributed by atoms with Crippen LogP contribution in [0, 0.1) is 11.8 Å². The number of rotatable bonds is 15. The lowest BCUT2D eigenvalue weighted by atomic mass is 9.93. The van der Waals surface area contributed by atoms with Crippen LogP contribution in [0.5, 0.6) is 17.2 Å². The Morgan fingerprint density at radius 2 is 1.68 bits per heavy atom. The Morgan fingerprint density at radius 3 is 2.33 bits per heavy atom. The van der Waals surface area contributed by atoms with E-state index < -0.39 is 5.97 Å². The molecule has 1 fully saturated rings. The molecule has 40 heavy (non-hydrogen) atoms. The van der Waals surface area contributed by atoms with Crippen LogP contribution in [0.2, 0.25) is 0 Å². The topological polar surface area (TPSA) is 88.1 Å². The number of allylic oxidation sites excluding steroid dienone is 1. The zero-order valence-electron chi connectivity index (χ0n) is 23.8. The van der Waals surface area contributed by atoms with Gasteiger partial charge in [0.1, 0.15) is 5.75 Å². The molecule has 0 spiro atoms. The summed E-state index contributed by atoms with van der Waals surface area (Å²) in [6.45, 7) is 8.28. The second-order valence-electron chi connectivity index (χ2n) is 10.3. The molecule has 0 bridgehead atoms. The molecule has 0 heterocycles. The van der Waals surface area contributed by atoms with E-state index in [1.807, 2.05) is 0 Å². The van der Waals surface area contributed by atoms with Gasteiger partial charge in [0.05, 0.1) is 25.9 Å². The maximum atomic E-state index is 12.7. The normalized spacial score (nSPS) is 16.5. The van der Waals surface area contributed by atoms with Crippen molar-refractivity contribution in [1.29, 1.82) is 0 Å². The molecule has 0 N–H and O–H groups in total. The molecule has 0 radical (unpaired) electrons. The van der Waals surface area contributed by atoms with Gasteiger partial charge in [-0.25, -0.2) is 9.59 Å². The van der Waals surface area contributed by atoms with Gasteiger partial charge in [0.25, 0.3) is 0 Å². The zero-order chi connectivity index (χ0) is 28.9. The summed E-state index contributed by atoms with van der Waals surface area (Å²) in [6, 6.07) is 12.0. The molecule has 1 aliphatic rings. The molecule has 214 valence electrons. The Labute approximate surface area is 237 Å². The van der Waals surface area contributed by atoms with Crippen molar-refractivity contribution >= 4 is 23.8 Å². The SMILES string of the molecule is C=C(C)C(=O)OCCCCCCOc1ccc(C(=O)Oc2ccc(/C=C/C(=O)C3CCCC3C)cc2OC)cc1. The summed E-state index contributed by atoms with van der Waals surface area (Å²) in [6.07, 6.45) is 10.2. The second kappa shape index (κ2) is 15.7. The number of hydrogen-bond acceptors (Lipinski definition) is 7. The number of hydrogen-bond donors (Lipinski definition) is 0. The van der Waals surface area contributed by atoms with Crippen molar-refractivity contribution in [1.82, 2.24) is 0 Å². The van der Waals surface area contributed by atoms with Gasteiger partial charge >= 0.3 is 11.9 Å². The van der Waals surface area contributed by atoms with Crippen molar-refractivity contribution in [3.63, 3.8) is 0 Å². The van der Waals surface area contributed by atoms with Crippen LogP contribution >= 0.6 is 0 Å². The predicted octanol–water partition coefficient (Wildman–Crippen LogP) is 6.99. The molecule has 7 heteroatoms. The van der Waals surface area contributed by atoms with Crippen LogP contribution in [0.1, 0.15) is 74.7 Å². The van der Waals surface area contributed by atoms with E-state index in [9.17, 15) is 14.4 Å². The highest BCUT2D eigenvalue weighted by atomic mass is 16.6. The van der Waals surface area contributed by atoms with Crippen LogP contribution in [0.4, 0.5) is 0 Å². The van der Waals surface area contributed by atoms with Gasteiger partial charge < -0.3 is 18.9 Å². The van der Waals surface area contributed by atoms with Crippen molar-refractivity contribution in [3.8, 4) is 17.2 Å². The first kappa shape index (κ1) is 30.7.